The molecule has 0 saturated heterocycles. The molecule has 0 heterocycles. The van der Waals surface area contributed by atoms with Gasteiger partial charge < -0.3 is 9.64 Å². The number of hydrogen-bond acceptors (Lipinski definition) is 5. The first-order valence-electron chi connectivity index (χ1n) is 10.1. The number of amides is 1. The minimum Gasteiger partial charge on any atom is -0.489 e. The van der Waals surface area contributed by atoms with Gasteiger partial charge in [0.05, 0.1) is 11.4 Å². The Kier molecular flexibility index (Phi) is 7.05. The van der Waals surface area contributed by atoms with Crippen LogP contribution in [0.2, 0.25) is 0 Å². The number of nitrogens with one attached hydrogen (secondary N) is 1. The number of aliphatic imine (C=N–C) groups is 1. The Morgan fingerprint density at radius 2 is 1.84 bits per heavy atom. The molecule has 0 aliphatic heterocycles. The molecule has 0 bridgehead atoms. The lowest BCUT2D eigenvalue weighted by Crippen LogP contribution is -2.19. The second-order valence-electron chi connectivity index (χ2n) is 7.27. The molecule has 0 aliphatic carbocycles. The number of benzene rings is 3. The third kappa shape index (κ3) is 5.10. The van der Waals surface area contributed by atoms with Gasteiger partial charge in [-0.05, 0) is 73.7 Å². The van der Waals surface area contributed by atoms with Gasteiger partial charge in [0.15, 0.2) is 0 Å². The molecular formula is C25H27N3O3. The Hall–Kier alpha value is -3.64. The van der Waals surface area contributed by atoms with Crippen molar-refractivity contribution in [2.45, 2.75) is 26.9 Å². The molecule has 160 valence electrons. The number of carbonyl (C=O) groups excluding carboxylic acids is 1. The van der Waals surface area contributed by atoms with Gasteiger partial charge >= 0.3 is 0 Å². The molecule has 0 fully saturated rings. The lowest BCUT2D eigenvalue weighted by Gasteiger charge is -2.22. The number of carbonyl (C=O) groups is 1. The molecular weight excluding hydrogens is 390 g/mol. The number of aryl methyl sites for hydroxylation is 2. The fourth-order valence-electron chi connectivity index (χ4n) is 3.42. The van der Waals surface area contributed by atoms with Gasteiger partial charge in [-0.1, -0.05) is 30.7 Å². The number of anilines is 2. The minimum atomic E-state index is -0.587. The number of ether oxygens (including phenoxy) is 1. The van der Waals surface area contributed by atoms with Gasteiger partial charge in [-0.3, -0.25) is 15.0 Å². The van der Waals surface area contributed by atoms with Gasteiger partial charge in [-0.15, -0.1) is 0 Å². The molecule has 3 aromatic carbocycles. The molecule has 3 aromatic rings. The van der Waals surface area contributed by atoms with Crippen LogP contribution in [0.5, 0.6) is 5.75 Å². The third-order valence-electron chi connectivity index (χ3n) is 5.23. The molecule has 0 saturated carbocycles. The van der Waals surface area contributed by atoms with Crippen molar-refractivity contribution in [1.82, 2.24) is 5.48 Å². The summed E-state index contributed by atoms with van der Waals surface area (Å²) in [7, 11) is 1.88. The van der Waals surface area contributed by atoms with Crippen LogP contribution in [0.25, 0.3) is 0 Å². The molecule has 0 unspecified atom stereocenters. The smallest absolute Gasteiger partial charge is 0.274 e. The monoisotopic (exact) mass is 417 g/mol. The Morgan fingerprint density at radius 1 is 1.10 bits per heavy atom. The van der Waals surface area contributed by atoms with E-state index in [-0.39, 0.29) is 0 Å². The van der Waals surface area contributed by atoms with E-state index in [4.69, 9.17) is 9.94 Å². The van der Waals surface area contributed by atoms with Crippen LogP contribution in [-0.4, -0.2) is 24.9 Å². The Balaban J connectivity index is 1.77. The van der Waals surface area contributed by atoms with E-state index in [0.717, 1.165) is 17.9 Å². The number of hydroxylamine groups is 1. The molecule has 31 heavy (non-hydrogen) atoms. The van der Waals surface area contributed by atoms with Crippen molar-refractivity contribution in [3.05, 3.63) is 82.9 Å². The zero-order valence-corrected chi connectivity index (χ0v) is 18.1. The average molecular weight is 418 g/mol. The summed E-state index contributed by atoms with van der Waals surface area (Å²) in [5.41, 5.74) is 7.92. The van der Waals surface area contributed by atoms with Crippen molar-refractivity contribution in [3.8, 4) is 5.75 Å². The maximum Gasteiger partial charge on any atom is 0.274 e. The van der Waals surface area contributed by atoms with Crippen molar-refractivity contribution in [1.29, 1.82) is 0 Å². The van der Waals surface area contributed by atoms with Gasteiger partial charge in [0.2, 0.25) is 0 Å². The summed E-state index contributed by atoms with van der Waals surface area (Å²) in [6.07, 6.45) is 0.969. The van der Waals surface area contributed by atoms with Crippen LogP contribution in [0, 0.1) is 6.92 Å². The number of hydrogen-bond donors (Lipinski definition) is 2. The summed E-state index contributed by atoms with van der Waals surface area (Å²) in [6, 6.07) is 19.1. The van der Waals surface area contributed by atoms with E-state index in [1.54, 1.807) is 23.7 Å². The molecule has 0 aromatic heterocycles. The largest absolute Gasteiger partial charge is 0.489 e. The Labute approximate surface area is 182 Å². The van der Waals surface area contributed by atoms with Crippen molar-refractivity contribution in [2.75, 3.05) is 11.9 Å². The molecule has 2 N–H and O–H groups in total. The quantitative estimate of drug-likeness (QED) is 0.294. The van der Waals surface area contributed by atoms with Crippen LogP contribution in [-0.2, 0) is 13.0 Å². The van der Waals surface area contributed by atoms with Crippen molar-refractivity contribution in [3.63, 3.8) is 0 Å². The van der Waals surface area contributed by atoms with E-state index in [2.05, 4.69) is 43.8 Å². The van der Waals surface area contributed by atoms with Crippen LogP contribution in [0.15, 0.2) is 65.7 Å². The highest BCUT2D eigenvalue weighted by Gasteiger charge is 2.13. The molecule has 0 atom stereocenters. The lowest BCUT2D eigenvalue weighted by atomic mass is 10.0. The summed E-state index contributed by atoms with van der Waals surface area (Å²) < 4.78 is 6.00. The van der Waals surface area contributed by atoms with Gasteiger partial charge in [0.1, 0.15) is 12.4 Å². The summed E-state index contributed by atoms with van der Waals surface area (Å²) in [4.78, 5) is 17.7. The van der Waals surface area contributed by atoms with Crippen molar-refractivity contribution >= 4 is 29.7 Å². The zero-order chi connectivity index (χ0) is 22.4. The van der Waals surface area contributed by atoms with E-state index in [9.17, 15) is 4.79 Å². The van der Waals surface area contributed by atoms with E-state index in [0.29, 0.717) is 23.5 Å². The molecule has 0 aliphatic rings. The first kappa shape index (κ1) is 22.1. The second-order valence-corrected chi connectivity index (χ2v) is 7.27. The molecule has 3 rings (SSSR count). The minimum absolute atomic E-state index is 0.321. The average Bonchev–Trinajstić information content (AvgIpc) is 2.82. The zero-order valence-electron chi connectivity index (χ0n) is 18.1. The Morgan fingerprint density at radius 3 is 2.48 bits per heavy atom. The lowest BCUT2D eigenvalue weighted by molar-refractivity contribution is 0.0706. The highest BCUT2D eigenvalue weighted by molar-refractivity contribution is 5.96. The highest BCUT2D eigenvalue weighted by Crippen LogP contribution is 2.34. The maximum absolute atomic E-state index is 11.8. The summed E-state index contributed by atoms with van der Waals surface area (Å²) in [6.45, 7) is 8.36. The topological polar surface area (TPSA) is 74.2 Å². The van der Waals surface area contributed by atoms with Crippen LogP contribution in [0.4, 0.5) is 17.1 Å². The van der Waals surface area contributed by atoms with Gasteiger partial charge in [-0.2, -0.15) is 0 Å². The first-order valence-corrected chi connectivity index (χ1v) is 10.1. The maximum atomic E-state index is 11.8. The van der Waals surface area contributed by atoms with Crippen LogP contribution < -0.4 is 15.1 Å². The standard InChI is InChI=1S/C25H27N3O3/c1-5-18-14-17(2)6-7-20(18)16-31-22-11-9-21(10-12-22)28(4)24-15-19(25(29)27-30)8-13-23(24)26-3/h6-15,30H,3,5,16H2,1-2,4H3,(H,27,29). The third-order valence-corrected chi connectivity index (χ3v) is 5.23. The fourth-order valence-corrected chi connectivity index (χ4v) is 3.42. The predicted molar refractivity (Wildman–Crippen MR) is 124 cm³/mol. The predicted octanol–water partition coefficient (Wildman–Crippen LogP) is 5.36. The molecule has 1 amide bonds. The van der Waals surface area contributed by atoms with Crippen molar-refractivity contribution in [2.24, 2.45) is 4.99 Å². The molecule has 6 heteroatoms. The van der Waals surface area contributed by atoms with Crippen LogP contribution in [0.1, 0.15) is 34.0 Å². The normalized spacial score (nSPS) is 10.5. The van der Waals surface area contributed by atoms with E-state index in [1.807, 2.05) is 36.2 Å². The second kappa shape index (κ2) is 9.91. The summed E-state index contributed by atoms with van der Waals surface area (Å²) in [5, 5.41) is 8.91. The molecule has 0 radical (unpaired) electrons. The highest BCUT2D eigenvalue weighted by atomic mass is 16.5. The van der Waals surface area contributed by atoms with Crippen molar-refractivity contribution < 1.29 is 14.7 Å². The molecule has 0 spiro atoms. The summed E-state index contributed by atoms with van der Waals surface area (Å²) >= 11 is 0. The van der Waals surface area contributed by atoms with Gasteiger partial charge in [-0.25, -0.2) is 5.48 Å². The van der Waals surface area contributed by atoms with E-state index in [1.165, 1.54) is 16.7 Å². The van der Waals surface area contributed by atoms with E-state index >= 15 is 0 Å². The van der Waals surface area contributed by atoms with E-state index < -0.39 is 5.91 Å². The molecule has 6 nitrogen and oxygen atoms in total. The summed E-state index contributed by atoms with van der Waals surface area (Å²) in [5.74, 6) is 0.187. The Bertz CT molecular complexity index is 1080. The fraction of sp³-hybridized carbons (Fsp3) is 0.200. The SMILES string of the molecule is C=Nc1ccc(C(=O)NO)cc1N(C)c1ccc(OCc2ccc(C)cc2CC)cc1. The van der Waals surface area contributed by atoms with Crippen LogP contribution in [0.3, 0.4) is 0 Å². The van der Waals surface area contributed by atoms with Gasteiger partial charge in [0, 0.05) is 18.3 Å². The number of rotatable bonds is 8. The van der Waals surface area contributed by atoms with Gasteiger partial charge in [0.25, 0.3) is 5.91 Å². The van der Waals surface area contributed by atoms with Crippen LogP contribution >= 0.6 is 0 Å². The first-order chi connectivity index (χ1) is 15.0. The number of nitrogens with zero attached hydrogens (tertiary/aromatic N) is 2.